The van der Waals surface area contributed by atoms with Gasteiger partial charge in [-0.3, -0.25) is 0 Å². The molecule has 2 aromatic carbocycles. The van der Waals surface area contributed by atoms with Crippen molar-refractivity contribution in [2.75, 3.05) is 5.32 Å². The molecular weight excluding hydrogens is 364 g/mol. The fraction of sp³-hybridized carbons (Fsp3) is 0.0625. The number of rotatable bonds is 3. The lowest BCUT2D eigenvalue weighted by Gasteiger charge is -2.05. The summed E-state index contributed by atoms with van der Waals surface area (Å²) in [6.45, 7) is 0. The van der Waals surface area contributed by atoms with E-state index in [1.807, 2.05) is 0 Å². The monoisotopic (exact) mass is 372 g/mol. The second-order valence-electron chi connectivity index (χ2n) is 4.84. The topological polar surface area (TPSA) is 24.9 Å². The van der Waals surface area contributed by atoms with Crippen molar-refractivity contribution in [1.82, 2.24) is 4.98 Å². The lowest BCUT2D eigenvalue weighted by atomic mass is 10.1. The highest BCUT2D eigenvalue weighted by molar-refractivity contribution is 7.19. The first-order valence-electron chi connectivity index (χ1n) is 6.69. The molecule has 24 heavy (non-hydrogen) atoms. The zero-order valence-electron chi connectivity index (χ0n) is 11.9. The second kappa shape index (κ2) is 6.41. The van der Waals surface area contributed by atoms with Crippen LogP contribution in [0.4, 0.5) is 28.4 Å². The Morgan fingerprint density at radius 1 is 1.04 bits per heavy atom. The number of hydrogen-bond donors (Lipinski definition) is 1. The van der Waals surface area contributed by atoms with E-state index in [0.717, 1.165) is 23.5 Å². The molecule has 0 spiro atoms. The van der Waals surface area contributed by atoms with Gasteiger partial charge in [-0.1, -0.05) is 41.1 Å². The molecule has 0 fully saturated rings. The summed E-state index contributed by atoms with van der Waals surface area (Å²) in [6, 6.07) is 11.4. The first-order valence-corrected chi connectivity index (χ1v) is 7.89. The molecule has 124 valence electrons. The third kappa shape index (κ3) is 3.68. The smallest absolute Gasteiger partial charge is 0.331 e. The minimum absolute atomic E-state index is 0.0731. The Morgan fingerprint density at radius 2 is 1.75 bits per heavy atom. The third-order valence-electron chi connectivity index (χ3n) is 3.08. The van der Waals surface area contributed by atoms with Gasteiger partial charge in [0.2, 0.25) is 0 Å². The molecule has 3 rings (SSSR count). The molecule has 3 aromatic rings. The van der Waals surface area contributed by atoms with Gasteiger partial charge in [-0.2, -0.15) is 13.2 Å². The Kier molecular flexibility index (Phi) is 4.47. The molecule has 0 radical (unpaired) electrons. The standard InChI is InChI=1S/C16H9ClF4N2S/c17-10-2-1-3-12(8-10)22-15-23-14(16(19,20)21)13(24-15)9-4-6-11(18)7-5-9/h1-8H,(H,22,23). The van der Waals surface area contributed by atoms with Crippen molar-refractivity contribution >= 4 is 33.8 Å². The SMILES string of the molecule is Fc1ccc(-c2sc(Nc3cccc(Cl)c3)nc2C(F)(F)F)cc1. The number of anilines is 2. The molecule has 1 N–H and O–H groups in total. The normalized spacial score (nSPS) is 11.5. The lowest BCUT2D eigenvalue weighted by molar-refractivity contribution is -0.140. The van der Waals surface area contributed by atoms with Crippen LogP contribution in [-0.4, -0.2) is 4.98 Å². The number of nitrogens with one attached hydrogen (secondary N) is 1. The molecule has 0 saturated carbocycles. The highest BCUT2D eigenvalue weighted by Gasteiger charge is 2.38. The summed E-state index contributed by atoms with van der Waals surface area (Å²) in [5.74, 6) is -0.519. The van der Waals surface area contributed by atoms with Crippen LogP contribution in [0.25, 0.3) is 10.4 Å². The Balaban J connectivity index is 2.02. The van der Waals surface area contributed by atoms with Crippen molar-refractivity contribution in [3.05, 3.63) is 65.1 Å². The Bertz CT molecular complexity index is 859. The van der Waals surface area contributed by atoms with Gasteiger partial charge < -0.3 is 5.32 Å². The maximum Gasteiger partial charge on any atom is 0.434 e. The van der Waals surface area contributed by atoms with Crippen molar-refractivity contribution in [3.63, 3.8) is 0 Å². The van der Waals surface area contributed by atoms with Crippen LogP contribution in [0.1, 0.15) is 5.69 Å². The van der Waals surface area contributed by atoms with Crippen LogP contribution in [0.2, 0.25) is 5.02 Å². The minimum Gasteiger partial charge on any atom is -0.331 e. The van der Waals surface area contributed by atoms with Crippen molar-refractivity contribution < 1.29 is 17.6 Å². The molecule has 0 saturated heterocycles. The van der Waals surface area contributed by atoms with E-state index in [4.69, 9.17) is 11.6 Å². The molecule has 0 unspecified atom stereocenters. The molecule has 0 amide bonds. The van der Waals surface area contributed by atoms with Gasteiger partial charge in [-0.25, -0.2) is 9.37 Å². The fourth-order valence-corrected chi connectivity index (χ4v) is 3.25. The zero-order chi connectivity index (χ0) is 17.3. The van der Waals surface area contributed by atoms with Gasteiger partial charge in [-0.15, -0.1) is 0 Å². The van der Waals surface area contributed by atoms with Crippen LogP contribution < -0.4 is 5.32 Å². The molecule has 8 heteroatoms. The molecule has 0 atom stereocenters. The van der Waals surface area contributed by atoms with Crippen molar-refractivity contribution in [2.24, 2.45) is 0 Å². The predicted octanol–water partition coefficient (Wildman–Crippen LogP) is 6.37. The quantitative estimate of drug-likeness (QED) is 0.541. The summed E-state index contributed by atoms with van der Waals surface area (Å²) in [5, 5.41) is 3.33. The summed E-state index contributed by atoms with van der Waals surface area (Å²) in [5.41, 5.74) is -0.236. The zero-order valence-corrected chi connectivity index (χ0v) is 13.4. The van der Waals surface area contributed by atoms with E-state index in [-0.39, 0.29) is 15.6 Å². The van der Waals surface area contributed by atoms with E-state index < -0.39 is 17.7 Å². The van der Waals surface area contributed by atoms with E-state index in [2.05, 4.69) is 10.3 Å². The second-order valence-corrected chi connectivity index (χ2v) is 6.27. The molecule has 0 aliphatic carbocycles. The average Bonchev–Trinajstić information content (AvgIpc) is 2.92. The Labute approximate surface area is 143 Å². The van der Waals surface area contributed by atoms with Gasteiger partial charge in [0.05, 0.1) is 4.88 Å². The number of aromatic nitrogens is 1. The van der Waals surface area contributed by atoms with Crippen LogP contribution in [0.5, 0.6) is 0 Å². The molecule has 2 nitrogen and oxygen atoms in total. The summed E-state index contributed by atoms with van der Waals surface area (Å²) in [6.07, 6.45) is -4.62. The third-order valence-corrected chi connectivity index (χ3v) is 4.33. The van der Waals surface area contributed by atoms with Crippen LogP contribution in [0.15, 0.2) is 48.5 Å². The van der Waals surface area contributed by atoms with Crippen LogP contribution in [0, 0.1) is 5.82 Å². The van der Waals surface area contributed by atoms with Crippen LogP contribution in [-0.2, 0) is 6.18 Å². The first kappa shape index (κ1) is 16.7. The number of halogens is 5. The Morgan fingerprint density at radius 3 is 2.38 bits per heavy atom. The first-order chi connectivity index (χ1) is 11.3. The van der Waals surface area contributed by atoms with Gasteiger partial charge in [0, 0.05) is 10.7 Å². The molecule has 0 aliphatic rings. The van der Waals surface area contributed by atoms with E-state index in [0.29, 0.717) is 10.7 Å². The van der Waals surface area contributed by atoms with Gasteiger partial charge in [0.1, 0.15) is 5.82 Å². The van der Waals surface area contributed by atoms with E-state index in [1.165, 1.54) is 12.1 Å². The van der Waals surface area contributed by atoms with E-state index in [9.17, 15) is 17.6 Å². The number of hydrogen-bond acceptors (Lipinski definition) is 3. The number of thiazole rings is 1. The lowest BCUT2D eigenvalue weighted by Crippen LogP contribution is -2.07. The summed E-state index contributed by atoms with van der Waals surface area (Å²) < 4.78 is 52.8. The van der Waals surface area contributed by atoms with Crippen LogP contribution in [0.3, 0.4) is 0 Å². The summed E-state index contributed by atoms with van der Waals surface area (Å²) in [7, 11) is 0. The van der Waals surface area contributed by atoms with Gasteiger partial charge >= 0.3 is 6.18 Å². The highest BCUT2D eigenvalue weighted by Crippen LogP contribution is 2.42. The van der Waals surface area contributed by atoms with Crippen molar-refractivity contribution in [2.45, 2.75) is 6.18 Å². The largest absolute Gasteiger partial charge is 0.434 e. The molecule has 1 heterocycles. The van der Waals surface area contributed by atoms with Gasteiger partial charge in [0.15, 0.2) is 10.8 Å². The maximum atomic E-state index is 13.3. The minimum atomic E-state index is -4.62. The van der Waals surface area contributed by atoms with Gasteiger partial charge in [-0.05, 0) is 35.9 Å². The van der Waals surface area contributed by atoms with E-state index in [1.54, 1.807) is 24.3 Å². The number of alkyl halides is 3. The number of nitrogens with zero attached hydrogens (tertiary/aromatic N) is 1. The summed E-state index contributed by atoms with van der Waals surface area (Å²) in [4.78, 5) is 3.57. The maximum absolute atomic E-state index is 13.3. The summed E-state index contributed by atoms with van der Waals surface area (Å²) >= 11 is 6.70. The molecular formula is C16H9ClF4N2S. The predicted molar refractivity (Wildman–Crippen MR) is 87.2 cm³/mol. The number of benzene rings is 2. The highest BCUT2D eigenvalue weighted by atomic mass is 35.5. The Hall–Kier alpha value is -2.12. The van der Waals surface area contributed by atoms with Crippen molar-refractivity contribution in [3.8, 4) is 10.4 Å². The average molecular weight is 373 g/mol. The molecule has 0 bridgehead atoms. The molecule has 0 aliphatic heterocycles. The van der Waals surface area contributed by atoms with Gasteiger partial charge in [0.25, 0.3) is 0 Å². The molecule has 1 aromatic heterocycles. The van der Waals surface area contributed by atoms with Crippen molar-refractivity contribution in [1.29, 1.82) is 0 Å². The van der Waals surface area contributed by atoms with Crippen LogP contribution >= 0.6 is 22.9 Å². The fourth-order valence-electron chi connectivity index (χ4n) is 2.05. The van der Waals surface area contributed by atoms with E-state index >= 15 is 0 Å².